The number of pyridine rings is 1. The predicted molar refractivity (Wildman–Crippen MR) is 118 cm³/mol. The van der Waals surface area contributed by atoms with E-state index in [0.717, 1.165) is 28.8 Å². The number of nitrogens with zero attached hydrogens (tertiary/aromatic N) is 4. The van der Waals surface area contributed by atoms with E-state index in [9.17, 15) is 9.59 Å². The van der Waals surface area contributed by atoms with Crippen LogP contribution in [-0.4, -0.2) is 36.9 Å². The molecule has 156 valence electrons. The molecule has 1 aromatic carbocycles. The molecule has 1 amide bonds. The fraction of sp³-hybridized carbons (Fsp3) is 0.250. The number of likely N-dealkylation sites (tertiary alicyclic amines) is 1. The first-order chi connectivity index (χ1) is 15.1. The molecule has 4 heterocycles. The average Bonchev–Trinajstić information content (AvgIpc) is 3.36. The highest BCUT2D eigenvalue weighted by Crippen LogP contribution is 2.31. The van der Waals surface area contributed by atoms with Crippen molar-refractivity contribution in [3.8, 4) is 11.1 Å². The van der Waals surface area contributed by atoms with Gasteiger partial charge in [0.05, 0.1) is 5.69 Å². The Hall–Kier alpha value is -3.74. The lowest BCUT2D eigenvalue weighted by Crippen LogP contribution is -2.24. The van der Waals surface area contributed by atoms with Crippen molar-refractivity contribution in [2.75, 3.05) is 6.54 Å². The molecule has 0 saturated carbocycles. The summed E-state index contributed by atoms with van der Waals surface area (Å²) in [5.74, 6) is -0.0222. The summed E-state index contributed by atoms with van der Waals surface area (Å²) in [4.78, 5) is 36.3. The van der Waals surface area contributed by atoms with E-state index in [1.807, 2.05) is 47.4 Å². The quantitative estimate of drug-likeness (QED) is 0.545. The molecular formula is C24H23N5O2. The lowest BCUT2D eigenvalue weighted by atomic mass is 10.0. The van der Waals surface area contributed by atoms with Crippen LogP contribution >= 0.6 is 0 Å². The van der Waals surface area contributed by atoms with Crippen molar-refractivity contribution in [3.63, 3.8) is 0 Å². The minimum absolute atomic E-state index is 0.0791. The van der Waals surface area contributed by atoms with Crippen LogP contribution in [0.1, 0.15) is 36.2 Å². The molecule has 3 aromatic heterocycles. The summed E-state index contributed by atoms with van der Waals surface area (Å²) < 4.78 is 1.51. The van der Waals surface area contributed by atoms with Gasteiger partial charge in [0.1, 0.15) is 0 Å². The van der Waals surface area contributed by atoms with Crippen LogP contribution in [0.2, 0.25) is 0 Å². The number of carbonyl (C=O) groups excluding carboxylic acids is 1. The summed E-state index contributed by atoms with van der Waals surface area (Å²) >= 11 is 0. The molecule has 0 aliphatic carbocycles. The first-order valence-corrected chi connectivity index (χ1v) is 10.5. The minimum atomic E-state index is -0.156. The fourth-order valence-electron chi connectivity index (χ4n) is 4.31. The topological polar surface area (TPSA) is 83.4 Å². The number of aromatic nitrogens is 4. The second kappa shape index (κ2) is 7.83. The molecule has 5 rings (SSSR count). The molecule has 1 unspecified atom stereocenters. The molecule has 1 saturated heterocycles. The van der Waals surface area contributed by atoms with E-state index in [2.05, 4.69) is 17.0 Å². The van der Waals surface area contributed by atoms with Crippen LogP contribution in [-0.2, 0) is 17.8 Å². The molecule has 1 atom stereocenters. The summed E-state index contributed by atoms with van der Waals surface area (Å²) in [6, 6.07) is 15.4. The highest BCUT2D eigenvalue weighted by atomic mass is 16.2. The standard InChI is InChI=1S/C24H23N5O2/c1-2-19-23(17-6-4-3-5-7-17)24-26-20(13-22(31)29(24)27-19)18-12-21(30)28(15-18)14-16-8-10-25-11-9-16/h3-11,13,18,27H,2,12,14-15H2,1H3. The Bertz CT molecular complexity index is 1290. The number of fused-ring (bicyclic) bond motifs is 1. The van der Waals surface area contributed by atoms with Gasteiger partial charge in [-0.2, -0.15) is 0 Å². The molecule has 0 spiro atoms. The monoisotopic (exact) mass is 413 g/mol. The number of rotatable bonds is 5. The summed E-state index contributed by atoms with van der Waals surface area (Å²) in [6.45, 7) is 3.14. The molecule has 31 heavy (non-hydrogen) atoms. The molecule has 0 radical (unpaired) electrons. The van der Waals surface area contributed by atoms with Gasteiger partial charge in [-0.15, -0.1) is 0 Å². The number of aryl methyl sites for hydroxylation is 1. The van der Waals surface area contributed by atoms with Gasteiger partial charge in [0.2, 0.25) is 5.91 Å². The normalized spacial score (nSPS) is 16.4. The van der Waals surface area contributed by atoms with Crippen LogP contribution in [0.15, 0.2) is 65.7 Å². The SMILES string of the molecule is CCc1[nH]n2c(=O)cc(C3CC(=O)N(Cc4ccncc4)C3)nc2c1-c1ccccc1. The number of carbonyl (C=O) groups is 1. The summed E-state index contributed by atoms with van der Waals surface area (Å²) in [5.41, 5.74) is 5.10. The van der Waals surface area contributed by atoms with E-state index < -0.39 is 0 Å². The maximum atomic E-state index is 12.9. The second-order valence-corrected chi connectivity index (χ2v) is 7.89. The van der Waals surface area contributed by atoms with E-state index in [1.54, 1.807) is 18.5 Å². The Balaban J connectivity index is 1.52. The number of hydrogen-bond acceptors (Lipinski definition) is 4. The first kappa shape index (κ1) is 19.2. The lowest BCUT2D eigenvalue weighted by Gasteiger charge is -2.16. The lowest BCUT2D eigenvalue weighted by molar-refractivity contribution is -0.128. The molecule has 7 nitrogen and oxygen atoms in total. The summed E-state index contributed by atoms with van der Waals surface area (Å²) in [7, 11) is 0. The highest BCUT2D eigenvalue weighted by molar-refractivity contribution is 5.81. The van der Waals surface area contributed by atoms with Gasteiger partial charge in [0.15, 0.2) is 5.65 Å². The van der Waals surface area contributed by atoms with Crippen molar-refractivity contribution in [2.45, 2.75) is 32.2 Å². The van der Waals surface area contributed by atoms with Crippen LogP contribution in [0.25, 0.3) is 16.8 Å². The zero-order valence-electron chi connectivity index (χ0n) is 17.3. The van der Waals surface area contributed by atoms with Crippen LogP contribution in [0.4, 0.5) is 0 Å². The first-order valence-electron chi connectivity index (χ1n) is 10.5. The Morgan fingerprint density at radius 3 is 2.61 bits per heavy atom. The zero-order chi connectivity index (χ0) is 21.4. The van der Waals surface area contributed by atoms with Gasteiger partial charge in [-0.1, -0.05) is 37.3 Å². The highest BCUT2D eigenvalue weighted by Gasteiger charge is 2.32. The van der Waals surface area contributed by atoms with Gasteiger partial charge < -0.3 is 4.90 Å². The number of H-pyrrole nitrogens is 1. The van der Waals surface area contributed by atoms with Crippen LogP contribution < -0.4 is 5.56 Å². The van der Waals surface area contributed by atoms with E-state index in [-0.39, 0.29) is 17.4 Å². The van der Waals surface area contributed by atoms with E-state index in [1.165, 1.54) is 4.52 Å². The Morgan fingerprint density at radius 2 is 1.87 bits per heavy atom. The van der Waals surface area contributed by atoms with Gasteiger partial charge in [-0.05, 0) is 29.7 Å². The van der Waals surface area contributed by atoms with Crippen molar-refractivity contribution >= 4 is 11.6 Å². The molecule has 7 heteroatoms. The number of nitrogens with one attached hydrogen (secondary N) is 1. The Kier molecular flexibility index (Phi) is 4.86. The third-order valence-corrected chi connectivity index (χ3v) is 5.88. The van der Waals surface area contributed by atoms with E-state index >= 15 is 0 Å². The van der Waals surface area contributed by atoms with Crippen molar-refractivity contribution in [1.82, 2.24) is 24.5 Å². The van der Waals surface area contributed by atoms with Gasteiger partial charge in [-0.25, -0.2) is 9.50 Å². The molecule has 0 bridgehead atoms. The molecular weight excluding hydrogens is 390 g/mol. The second-order valence-electron chi connectivity index (χ2n) is 7.89. The summed E-state index contributed by atoms with van der Waals surface area (Å²) in [6.07, 6.45) is 4.57. The van der Waals surface area contributed by atoms with Gasteiger partial charge in [0.25, 0.3) is 5.56 Å². The number of hydrogen-bond donors (Lipinski definition) is 1. The number of amides is 1. The maximum Gasteiger partial charge on any atom is 0.272 e. The third kappa shape index (κ3) is 3.52. The average molecular weight is 413 g/mol. The third-order valence-electron chi connectivity index (χ3n) is 5.88. The van der Waals surface area contributed by atoms with Crippen LogP contribution in [0.5, 0.6) is 0 Å². The van der Waals surface area contributed by atoms with Gasteiger partial charge in [-0.3, -0.25) is 19.7 Å². The fourth-order valence-corrected chi connectivity index (χ4v) is 4.31. The smallest absolute Gasteiger partial charge is 0.272 e. The molecule has 1 aliphatic heterocycles. The van der Waals surface area contributed by atoms with Crippen molar-refractivity contribution in [2.24, 2.45) is 0 Å². The molecule has 1 N–H and O–H groups in total. The largest absolute Gasteiger partial charge is 0.338 e. The summed E-state index contributed by atoms with van der Waals surface area (Å²) in [5, 5.41) is 3.21. The Morgan fingerprint density at radius 1 is 1.10 bits per heavy atom. The Labute approximate surface area is 179 Å². The van der Waals surface area contributed by atoms with Crippen molar-refractivity contribution in [3.05, 3.63) is 88.2 Å². The molecule has 1 fully saturated rings. The van der Waals surface area contributed by atoms with Crippen molar-refractivity contribution < 1.29 is 4.79 Å². The maximum absolute atomic E-state index is 12.9. The van der Waals surface area contributed by atoms with E-state index in [0.29, 0.717) is 30.9 Å². The van der Waals surface area contributed by atoms with Gasteiger partial charge >= 0.3 is 0 Å². The number of aromatic amines is 1. The van der Waals surface area contributed by atoms with Crippen LogP contribution in [0, 0.1) is 0 Å². The van der Waals surface area contributed by atoms with Crippen LogP contribution in [0.3, 0.4) is 0 Å². The number of benzene rings is 1. The van der Waals surface area contributed by atoms with E-state index in [4.69, 9.17) is 4.98 Å². The van der Waals surface area contributed by atoms with Crippen molar-refractivity contribution in [1.29, 1.82) is 0 Å². The molecule has 1 aliphatic rings. The zero-order valence-corrected chi connectivity index (χ0v) is 17.3. The predicted octanol–water partition coefficient (Wildman–Crippen LogP) is 3.16. The minimum Gasteiger partial charge on any atom is -0.338 e. The van der Waals surface area contributed by atoms with Gasteiger partial charge in [0, 0.05) is 55.1 Å². The molecule has 4 aromatic rings.